The first kappa shape index (κ1) is 14.6. The minimum Gasteiger partial charge on any atom is -0.409 e. The lowest BCUT2D eigenvalue weighted by molar-refractivity contribution is 0.254. The normalized spacial score (nSPS) is 20.8. The van der Waals surface area contributed by atoms with Crippen molar-refractivity contribution in [1.82, 2.24) is 4.98 Å². The second kappa shape index (κ2) is 6.56. The van der Waals surface area contributed by atoms with Crippen molar-refractivity contribution < 1.29 is 10.3 Å². The fourth-order valence-corrected chi connectivity index (χ4v) is 2.77. The quantitative estimate of drug-likeness (QED) is 0.334. The highest BCUT2D eigenvalue weighted by atomic mass is 16.4. The summed E-state index contributed by atoms with van der Waals surface area (Å²) in [5, 5.41) is 21.7. The summed E-state index contributed by atoms with van der Waals surface area (Å²) in [5.41, 5.74) is 7.36. The Kier molecular flexibility index (Phi) is 4.79. The third-order valence-electron chi connectivity index (χ3n) is 3.86. The summed E-state index contributed by atoms with van der Waals surface area (Å²) < 4.78 is 0. The predicted molar refractivity (Wildman–Crippen MR) is 78.2 cm³/mol. The van der Waals surface area contributed by atoms with Crippen molar-refractivity contribution in [3.05, 3.63) is 23.4 Å². The number of aryl methyl sites for hydroxylation is 1. The summed E-state index contributed by atoms with van der Waals surface area (Å²) in [7, 11) is 0. The van der Waals surface area contributed by atoms with Crippen LogP contribution in [0.15, 0.2) is 17.4 Å². The Hall–Kier alpha value is -1.82. The number of anilines is 1. The number of oxime groups is 1. The minimum atomic E-state index is 0.0389. The van der Waals surface area contributed by atoms with Gasteiger partial charge in [0.25, 0.3) is 0 Å². The molecular formula is C14H22N4O2. The molecule has 1 unspecified atom stereocenters. The van der Waals surface area contributed by atoms with Gasteiger partial charge >= 0.3 is 0 Å². The molecule has 1 aromatic heterocycles. The average Bonchev–Trinajstić information content (AvgIpc) is 2.71. The van der Waals surface area contributed by atoms with E-state index in [9.17, 15) is 5.11 Å². The van der Waals surface area contributed by atoms with E-state index < -0.39 is 0 Å². The fourth-order valence-electron chi connectivity index (χ4n) is 2.77. The van der Waals surface area contributed by atoms with E-state index in [1.165, 1.54) is 0 Å². The number of nitrogens with zero attached hydrogens (tertiary/aromatic N) is 3. The molecule has 1 aliphatic heterocycles. The van der Waals surface area contributed by atoms with Gasteiger partial charge in [-0.1, -0.05) is 18.0 Å². The second-order valence-electron chi connectivity index (χ2n) is 5.19. The van der Waals surface area contributed by atoms with Crippen LogP contribution >= 0.6 is 0 Å². The molecule has 1 aliphatic rings. The second-order valence-corrected chi connectivity index (χ2v) is 5.19. The van der Waals surface area contributed by atoms with Crippen LogP contribution in [0.2, 0.25) is 0 Å². The van der Waals surface area contributed by atoms with Crippen LogP contribution in [0.25, 0.3) is 0 Å². The Labute approximate surface area is 118 Å². The summed E-state index contributed by atoms with van der Waals surface area (Å²) in [6.07, 6.45) is 5.96. The van der Waals surface area contributed by atoms with Crippen LogP contribution in [0.1, 0.15) is 36.8 Å². The van der Waals surface area contributed by atoms with E-state index in [0.29, 0.717) is 11.4 Å². The Morgan fingerprint density at radius 1 is 1.50 bits per heavy atom. The molecule has 2 rings (SSSR count). The van der Waals surface area contributed by atoms with Crippen LogP contribution in [0.4, 0.5) is 5.82 Å². The van der Waals surface area contributed by atoms with Crippen molar-refractivity contribution in [3.8, 4) is 0 Å². The zero-order chi connectivity index (χ0) is 14.5. The van der Waals surface area contributed by atoms with Crippen molar-refractivity contribution in [1.29, 1.82) is 0 Å². The van der Waals surface area contributed by atoms with Crippen molar-refractivity contribution in [2.24, 2.45) is 10.9 Å². The maximum absolute atomic E-state index is 9.62. The number of pyridine rings is 1. The van der Waals surface area contributed by atoms with Gasteiger partial charge in [0, 0.05) is 12.7 Å². The van der Waals surface area contributed by atoms with Crippen LogP contribution in [-0.4, -0.2) is 40.3 Å². The fraction of sp³-hybridized carbons (Fsp3) is 0.571. The summed E-state index contributed by atoms with van der Waals surface area (Å²) in [4.78, 5) is 6.51. The Balaban J connectivity index is 2.47. The van der Waals surface area contributed by atoms with Crippen molar-refractivity contribution in [2.45, 2.75) is 38.6 Å². The van der Waals surface area contributed by atoms with Gasteiger partial charge < -0.3 is 20.9 Å². The molecular weight excluding hydrogens is 256 g/mol. The third kappa shape index (κ3) is 2.85. The Morgan fingerprint density at radius 3 is 3.00 bits per heavy atom. The molecule has 2 heterocycles. The zero-order valence-electron chi connectivity index (χ0n) is 11.8. The number of aliphatic hydroxyl groups is 1. The predicted octanol–water partition coefficient (Wildman–Crippen LogP) is 1.23. The minimum absolute atomic E-state index is 0.0389. The molecule has 0 amide bonds. The van der Waals surface area contributed by atoms with Gasteiger partial charge in [-0.3, -0.25) is 0 Å². The zero-order valence-corrected chi connectivity index (χ0v) is 11.8. The number of aliphatic hydroxyl groups excluding tert-OH is 1. The molecule has 6 heteroatoms. The van der Waals surface area contributed by atoms with Crippen LogP contribution in [0, 0.1) is 6.92 Å². The number of rotatable bonds is 3. The average molecular weight is 278 g/mol. The summed E-state index contributed by atoms with van der Waals surface area (Å²) in [6.45, 7) is 2.82. The molecule has 20 heavy (non-hydrogen) atoms. The van der Waals surface area contributed by atoms with Crippen molar-refractivity contribution >= 4 is 11.7 Å². The SMILES string of the molecule is Cc1ccnc(N2CCCCCC2CO)c1/C(N)=N/O. The first-order valence-corrected chi connectivity index (χ1v) is 7.00. The lowest BCUT2D eigenvalue weighted by atomic mass is 10.1. The molecule has 1 saturated heterocycles. The van der Waals surface area contributed by atoms with Gasteiger partial charge in [0.15, 0.2) is 5.84 Å². The van der Waals surface area contributed by atoms with Gasteiger partial charge in [-0.15, -0.1) is 0 Å². The van der Waals surface area contributed by atoms with Gasteiger partial charge in [-0.25, -0.2) is 4.98 Å². The van der Waals surface area contributed by atoms with E-state index in [-0.39, 0.29) is 18.5 Å². The number of amidine groups is 1. The van der Waals surface area contributed by atoms with E-state index in [0.717, 1.165) is 37.8 Å². The Morgan fingerprint density at radius 2 is 2.30 bits per heavy atom. The van der Waals surface area contributed by atoms with E-state index in [2.05, 4.69) is 15.0 Å². The maximum atomic E-state index is 9.62. The van der Waals surface area contributed by atoms with Gasteiger partial charge in [-0.2, -0.15) is 0 Å². The van der Waals surface area contributed by atoms with Gasteiger partial charge in [0.05, 0.1) is 18.2 Å². The molecule has 0 aromatic carbocycles. The van der Waals surface area contributed by atoms with Gasteiger partial charge in [-0.05, 0) is 31.4 Å². The first-order valence-electron chi connectivity index (χ1n) is 7.00. The van der Waals surface area contributed by atoms with E-state index >= 15 is 0 Å². The number of aromatic nitrogens is 1. The first-order chi connectivity index (χ1) is 9.69. The monoisotopic (exact) mass is 278 g/mol. The van der Waals surface area contributed by atoms with E-state index in [1.54, 1.807) is 6.20 Å². The van der Waals surface area contributed by atoms with Crippen LogP contribution < -0.4 is 10.6 Å². The smallest absolute Gasteiger partial charge is 0.174 e. The van der Waals surface area contributed by atoms with Crippen LogP contribution in [0.3, 0.4) is 0 Å². The molecule has 1 atom stereocenters. The molecule has 6 nitrogen and oxygen atoms in total. The molecule has 110 valence electrons. The largest absolute Gasteiger partial charge is 0.409 e. The van der Waals surface area contributed by atoms with Crippen molar-refractivity contribution in [3.63, 3.8) is 0 Å². The molecule has 0 radical (unpaired) electrons. The van der Waals surface area contributed by atoms with Crippen LogP contribution in [-0.2, 0) is 0 Å². The van der Waals surface area contributed by atoms with Gasteiger partial charge in [0.2, 0.25) is 0 Å². The molecule has 0 aliphatic carbocycles. The molecule has 0 bridgehead atoms. The summed E-state index contributed by atoms with van der Waals surface area (Å²) in [6, 6.07) is 1.87. The number of hydrogen-bond acceptors (Lipinski definition) is 5. The third-order valence-corrected chi connectivity index (χ3v) is 3.86. The molecule has 1 fully saturated rings. The summed E-state index contributed by atoms with van der Waals surface area (Å²) in [5.74, 6) is 0.757. The highest BCUT2D eigenvalue weighted by Crippen LogP contribution is 2.27. The molecule has 0 saturated carbocycles. The number of hydrogen-bond donors (Lipinski definition) is 3. The lowest BCUT2D eigenvalue weighted by Crippen LogP contribution is -2.39. The highest BCUT2D eigenvalue weighted by molar-refractivity contribution is 6.02. The topological polar surface area (TPSA) is 95.0 Å². The molecule has 1 aromatic rings. The highest BCUT2D eigenvalue weighted by Gasteiger charge is 2.25. The standard InChI is InChI=1S/C14H22N4O2/c1-10-6-7-16-14(12(10)13(15)17-20)18-8-4-2-3-5-11(18)9-19/h6-7,11,19-20H,2-5,8-9H2,1H3,(H2,15,17). The van der Waals surface area contributed by atoms with Gasteiger partial charge in [0.1, 0.15) is 5.82 Å². The van der Waals surface area contributed by atoms with E-state index in [1.807, 2.05) is 13.0 Å². The lowest BCUT2D eigenvalue weighted by Gasteiger charge is -2.31. The van der Waals surface area contributed by atoms with Crippen molar-refractivity contribution in [2.75, 3.05) is 18.1 Å². The molecule has 4 N–H and O–H groups in total. The maximum Gasteiger partial charge on any atom is 0.174 e. The Bertz CT molecular complexity index is 490. The van der Waals surface area contributed by atoms with E-state index in [4.69, 9.17) is 10.9 Å². The van der Waals surface area contributed by atoms with Crippen LogP contribution in [0.5, 0.6) is 0 Å². The summed E-state index contributed by atoms with van der Waals surface area (Å²) >= 11 is 0. The number of nitrogens with two attached hydrogens (primary N) is 1. The molecule has 0 spiro atoms.